The number of nitrogens with zero attached hydrogens (tertiary/aromatic N) is 1. The van der Waals surface area contributed by atoms with E-state index in [1.54, 1.807) is 0 Å². The predicted octanol–water partition coefficient (Wildman–Crippen LogP) is 1.61. The summed E-state index contributed by atoms with van der Waals surface area (Å²) in [6.07, 6.45) is 5.23. The van der Waals surface area contributed by atoms with E-state index in [1.165, 1.54) is 32.4 Å². The third kappa shape index (κ3) is 4.09. The molecular weight excluding hydrogens is 188 g/mol. The molecule has 0 aromatic heterocycles. The summed E-state index contributed by atoms with van der Waals surface area (Å²) in [5, 5.41) is 0. The molecule has 0 amide bonds. The molecule has 1 rings (SSSR count). The lowest BCUT2D eigenvalue weighted by atomic mass is 10.0. The van der Waals surface area contributed by atoms with Crippen LogP contribution in [-0.2, 0) is 4.74 Å². The van der Waals surface area contributed by atoms with E-state index in [4.69, 9.17) is 10.5 Å². The Morgan fingerprint density at radius 2 is 2.00 bits per heavy atom. The Morgan fingerprint density at radius 3 is 2.47 bits per heavy atom. The first-order valence-corrected chi connectivity index (χ1v) is 6.37. The van der Waals surface area contributed by atoms with E-state index >= 15 is 0 Å². The number of likely N-dealkylation sites (tertiary alicyclic amines) is 1. The van der Waals surface area contributed by atoms with Crippen molar-refractivity contribution in [3.8, 4) is 0 Å². The molecule has 0 radical (unpaired) electrons. The zero-order valence-corrected chi connectivity index (χ0v) is 10.2. The molecule has 15 heavy (non-hydrogen) atoms. The van der Waals surface area contributed by atoms with Crippen molar-refractivity contribution in [2.45, 2.75) is 51.7 Å². The van der Waals surface area contributed by atoms with E-state index in [-0.39, 0.29) is 0 Å². The quantitative estimate of drug-likeness (QED) is 0.730. The van der Waals surface area contributed by atoms with Gasteiger partial charge in [0.2, 0.25) is 0 Å². The maximum absolute atomic E-state index is 5.65. The highest BCUT2D eigenvalue weighted by Gasteiger charge is 2.23. The molecule has 90 valence electrons. The number of hydrogen-bond donors (Lipinski definition) is 1. The molecule has 1 saturated heterocycles. The second kappa shape index (κ2) is 7.20. The zero-order valence-electron chi connectivity index (χ0n) is 10.2. The van der Waals surface area contributed by atoms with Crippen LogP contribution in [0, 0.1) is 0 Å². The van der Waals surface area contributed by atoms with E-state index in [1.807, 2.05) is 0 Å². The third-order valence-electron chi connectivity index (χ3n) is 3.37. The van der Waals surface area contributed by atoms with Crippen molar-refractivity contribution in [2.75, 3.05) is 26.2 Å². The first-order chi connectivity index (χ1) is 7.31. The van der Waals surface area contributed by atoms with Gasteiger partial charge in [0.25, 0.3) is 0 Å². The van der Waals surface area contributed by atoms with Crippen LogP contribution in [0.2, 0.25) is 0 Å². The standard InChI is InChI=1S/C12H26N2O/c1-3-11(5-8-13)14-9-6-12(7-10-14)15-4-2/h11-12H,3-10,13H2,1-2H3. The lowest BCUT2D eigenvalue weighted by molar-refractivity contribution is 0.00282. The molecule has 0 saturated carbocycles. The Morgan fingerprint density at radius 1 is 1.33 bits per heavy atom. The summed E-state index contributed by atoms with van der Waals surface area (Å²) in [4.78, 5) is 2.59. The molecule has 2 N–H and O–H groups in total. The minimum absolute atomic E-state index is 0.502. The van der Waals surface area contributed by atoms with Crippen LogP contribution in [0.25, 0.3) is 0 Å². The molecule has 0 aliphatic carbocycles. The Labute approximate surface area is 94.0 Å². The average Bonchev–Trinajstić information content (AvgIpc) is 2.28. The van der Waals surface area contributed by atoms with Gasteiger partial charge in [0.1, 0.15) is 0 Å². The second-order valence-electron chi connectivity index (χ2n) is 4.33. The molecule has 0 spiro atoms. The molecule has 0 aromatic carbocycles. The molecule has 1 atom stereocenters. The average molecular weight is 214 g/mol. The van der Waals surface area contributed by atoms with Crippen molar-refractivity contribution >= 4 is 0 Å². The van der Waals surface area contributed by atoms with Crippen LogP contribution in [0.4, 0.5) is 0 Å². The van der Waals surface area contributed by atoms with Crippen molar-refractivity contribution < 1.29 is 4.74 Å². The Hall–Kier alpha value is -0.120. The maximum Gasteiger partial charge on any atom is 0.0599 e. The fourth-order valence-corrected chi connectivity index (χ4v) is 2.48. The maximum atomic E-state index is 5.65. The van der Waals surface area contributed by atoms with E-state index in [9.17, 15) is 0 Å². The second-order valence-corrected chi connectivity index (χ2v) is 4.33. The summed E-state index contributed by atoms with van der Waals surface area (Å²) in [7, 11) is 0. The normalized spacial score (nSPS) is 21.8. The van der Waals surface area contributed by atoms with Crippen molar-refractivity contribution in [3.05, 3.63) is 0 Å². The zero-order chi connectivity index (χ0) is 11.1. The van der Waals surface area contributed by atoms with E-state index < -0.39 is 0 Å². The number of ether oxygens (including phenoxy) is 1. The van der Waals surface area contributed by atoms with Gasteiger partial charge in [0, 0.05) is 25.7 Å². The lowest BCUT2D eigenvalue weighted by Gasteiger charge is -2.37. The van der Waals surface area contributed by atoms with Crippen LogP contribution in [0.15, 0.2) is 0 Å². The van der Waals surface area contributed by atoms with Crippen molar-refractivity contribution in [3.63, 3.8) is 0 Å². The minimum atomic E-state index is 0.502. The highest BCUT2D eigenvalue weighted by molar-refractivity contribution is 4.78. The molecule has 1 aliphatic heterocycles. The van der Waals surface area contributed by atoms with Crippen LogP contribution >= 0.6 is 0 Å². The Balaban J connectivity index is 2.28. The highest BCUT2D eigenvalue weighted by Crippen LogP contribution is 2.18. The molecule has 1 unspecified atom stereocenters. The van der Waals surface area contributed by atoms with Crippen molar-refractivity contribution in [1.29, 1.82) is 0 Å². The molecule has 1 aliphatic rings. The first-order valence-electron chi connectivity index (χ1n) is 6.37. The molecule has 3 heteroatoms. The molecule has 0 aromatic rings. The number of piperidine rings is 1. The summed E-state index contributed by atoms with van der Waals surface area (Å²) >= 11 is 0. The summed E-state index contributed by atoms with van der Waals surface area (Å²) in [5.41, 5.74) is 5.64. The van der Waals surface area contributed by atoms with Crippen LogP contribution in [0.3, 0.4) is 0 Å². The van der Waals surface area contributed by atoms with Crippen LogP contribution in [0.1, 0.15) is 39.5 Å². The SMILES string of the molecule is CCOC1CCN(C(CC)CCN)CC1. The Kier molecular flexibility index (Phi) is 6.22. The first kappa shape index (κ1) is 12.9. The minimum Gasteiger partial charge on any atom is -0.378 e. The van der Waals surface area contributed by atoms with Gasteiger partial charge >= 0.3 is 0 Å². The summed E-state index contributed by atoms with van der Waals surface area (Å²) in [6, 6.07) is 0.692. The van der Waals surface area contributed by atoms with Gasteiger partial charge in [-0.15, -0.1) is 0 Å². The van der Waals surface area contributed by atoms with Crippen LogP contribution < -0.4 is 5.73 Å². The van der Waals surface area contributed by atoms with Crippen molar-refractivity contribution in [2.24, 2.45) is 5.73 Å². The molecule has 1 fully saturated rings. The largest absolute Gasteiger partial charge is 0.378 e. The lowest BCUT2D eigenvalue weighted by Crippen LogP contribution is -2.43. The van der Waals surface area contributed by atoms with E-state index in [2.05, 4.69) is 18.7 Å². The van der Waals surface area contributed by atoms with Crippen LogP contribution in [-0.4, -0.2) is 43.3 Å². The summed E-state index contributed by atoms with van der Waals surface area (Å²) in [5.74, 6) is 0. The fourth-order valence-electron chi connectivity index (χ4n) is 2.48. The molecule has 0 bridgehead atoms. The van der Waals surface area contributed by atoms with Gasteiger partial charge in [-0.2, -0.15) is 0 Å². The van der Waals surface area contributed by atoms with Crippen LogP contribution in [0.5, 0.6) is 0 Å². The summed E-state index contributed by atoms with van der Waals surface area (Å²) in [6.45, 7) is 8.37. The monoisotopic (exact) mass is 214 g/mol. The van der Waals surface area contributed by atoms with Gasteiger partial charge in [-0.05, 0) is 39.2 Å². The molecule has 3 nitrogen and oxygen atoms in total. The Bertz CT molecular complexity index is 156. The van der Waals surface area contributed by atoms with Gasteiger partial charge in [-0.25, -0.2) is 0 Å². The molecule has 1 heterocycles. The molecular formula is C12H26N2O. The highest BCUT2D eigenvalue weighted by atomic mass is 16.5. The topological polar surface area (TPSA) is 38.5 Å². The summed E-state index contributed by atoms with van der Waals surface area (Å²) < 4.78 is 5.65. The fraction of sp³-hybridized carbons (Fsp3) is 1.00. The van der Waals surface area contributed by atoms with Gasteiger partial charge in [-0.3, -0.25) is 0 Å². The van der Waals surface area contributed by atoms with Gasteiger partial charge in [0.15, 0.2) is 0 Å². The predicted molar refractivity (Wildman–Crippen MR) is 64.0 cm³/mol. The van der Waals surface area contributed by atoms with Crippen molar-refractivity contribution in [1.82, 2.24) is 4.90 Å². The van der Waals surface area contributed by atoms with Gasteiger partial charge in [0.05, 0.1) is 6.10 Å². The number of hydrogen-bond acceptors (Lipinski definition) is 3. The smallest absolute Gasteiger partial charge is 0.0599 e. The number of nitrogens with two attached hydrogens (primary N) is 1. The van der Waals surface area contributed by atoms with Gasteiger partial charge in [-0.1, -0.05) is 6.92 Å². The third-order valence-corrected chi connectivity index (χ3v) is 3.37. The van der Waals surface area contributed by atoms with E-state index in [0.29, 0.717) is 12.1 Å². The van der Waals surface area contributed by atoms with Gasteiger partial charge < -0.3 is 15.4 Å². The van der Waals surface area contributed by atoms with E-state index in [0.717, 1.165) is 19.6 Å². The number of rotatable bonds is 6.